The number of rotatable bonds is 7. The Morgan fingerprint density at radius 1 is 1.10 bits per heavy atom. The van der Waals surface area contributed by atoms with Gasteiger partial charge < -0.3 is 9.47 Å². The highest BCUT2D eigenvalue weighted by Crippen LogP contribution is 2.31. The first-order valence-corrected chi connectivity index (χ1v) is 10.5. The zero-order valence-corrected chi connectivity index (χ0v) is 18.0. The van der Waals surface area contributed by atoms with Gasteiger partial charge in [-0.3, -0.25) is 10.1 Å². The number of hydrogen-bond acceptors (Lipinski definition) is 10. The van der Waals surface area contributed by atoms with E-state index in [4.69, 9.17) is 9.47 Å². The van der Waals surface area contributed by atoms with Crippen molar-refractivity contribution < 1.29 is 14.3 Å². The van der Waals surface area contributed by atoms with Crippen LogP contribution in [0, 0.1) is 6.92 Å². The fourth-order valence-electron chi connectivity index (χ4n) is 2.64. The smallest absolute Gasteiger partial charge is 0.236 e. The van der Waals surface area contributed by atoms with Crippen LogP contribution in [0.5, 0.6) is 11.5 Å². The van der Waals surface area contributed by atoms with Crippen LogP contribution in [0.25, 0.3) is 16.9 Å². The zero-order chi connectivity index (χ0) is 21.1. The van der Waals surface area contributed by atoms with Crippen LogP contribution in [0.15, 0.2) is 35.5 Å². The van der Waals surface area contributed by atoms with Crippen LogP contribution in [0.3, 0.4) is 0 Å². The van der Waals surface area contributed by atoms with E-state index in [0.717, 1.165) is 10.6 Å². The average molecular weight is 444 g/mol. The molecule has 0 saturated heterocycles. The minimum atomic E-state index is -0.205. The van der Waals surface area contributed by atoms with Crippen molar-refractivity contribution in [2.75, 3.05) is 25.3 Å². The molecule has 12 heteroatoms. The molecule has 0 saturated carbocycles. The molecule has 1 amide bonds. The van der Waals surface area contributed by atoms with Crippen LogP contribution in [-0.2, 0) is 4.79 Å². The van der Waals surface area contributed by atoms with Crippen molar-refractivity contribution in [2.45, 2.75) is 12.1 Å². The Kier molecular flexibility index (Phi) is 5.77. The molecule has 4 aromatic rings. The number of aryl methyl sites for hydroxylation is 1. The molecule has 0 unspecified atom stereocenters. The summed E-state index contributed by atoms with van der Waals surface area (Å²) in [5.74, 6) is 1.18. The Labute approximate surface area is 179 Å². The van der Waals surface area contributed by atoms with Gasteiger partial charge in [-0.25, -0.2) is 0 Å². The molecule has 10 nitrogen and oxygen atoms in total. The van der Waals surface area contributed by atoms with Gasteiger partial charge in [0, 0.05) is 5.56 Å². The van der Waals surface area contributed by atoms with E-state index in [-0.39, 0.29) is 11.7 Å². The van der Waals surface area contributed by atoms with Crippen molar-refractivity contribution in [1.29, 1.82) is 0 Å². The highest BCUT2D eigenvalue weighted by Gasteiger charge is 2.14. The molecule has 3 heterocycles. The van der Waals surface area contributed by atoms with Crippen LogP contribution >= 0.6 is 23.1 Å². The second-order valence-electron chi connectivity index (χ2n) is 6.00. The maximum Gasteiger partial charge on any atom is 0.236 e. The van der Waals surface area contributed by atoms with Gasteiger partial charge in [0.1, 0.15) is 5.01 Å². The molecule has 1 N–H and O–H groups in total. The summed E-state index contributed by atoms with van der Waals surface area (Å²) in [7, 11) is 3.17. The van der Waals surface area contributed by atoms with Crippen LogP contribution < -0.4 is 14.8 Å². The molecule has 30 heavy (non-hydrogen) atoms. The predicted molar refractivity (Wildman–Crippen MR) is 113 cm³/mol. The highest BCUT2D eigenvalue weighted by molar-refractivity contribution is 7.99. The van der Waals surface area contributed by atoms with Crippen molar-refractivity contribution in [2.24, 2.45) is 0 Å². The van der Waals surface area contributed by atoms with E-state index in [1.165, 1.54) is 23.1 Å². The molecule has 0 aliphatic rings. The maximum atomic E-state index is 12.2. The number of aromatic nitrogens is 6. The van der Waals surface area contributed by atoms with Gasteiger partial charge in [0.25, 0.3) is 0 Å². The first-order chi connectivity index (χ1) is 14.6. The number of ether oxygens (including phenoxy) is 2. The van der Waals surface area contributed by atoms with Gasteiger partial charge >= 0.3 is 0 Å². The maximum absolute atomic E-state index is 12.2. The average Bonchev–Trinajstić information content (AvgIpc) is 3.36. The van der Waals surface area contributed by atoms with Gasteiger partial charge in [0.2, 0.25) is 16.2 Å². The number of anilines is 1. The lowest BCUT2D eigenvalue weighted by Gasteiger charge is -2.09. The van der Waals surface area contributed by atoms with Gasteiger partial charge in [-0.05, 0) is 37.3 Å². The van der Waals surface area contributed by atoms with Crippen LogP contribution in [0.1, 0.15) is 5.01 Å². The van der Waals surface area contributed by atoms with Gasteiger partial charge in [0.15, 0.2) is 17.1 Å². The number of fused-ring (bicyclic) bond motifs is 1. The summed E-state index contributed by atoms with van der Waals surface area (Å²) in [5, 5.41) is 25.1. The van der Waals surface area contributed by atoms with Crippen LogP contribution in [0.2, 0.25) is 0 Å². The molecule has 1 aromatic carbocycles. The summed E-state index contributed by atoms with van der Waals surface area (Å²) in [4.78, 5) is 12.2. The monoisotopic (exact) mass is 443 g/mol. The number of benzene rings is 1. The standard InChI is InChI=1S/C18H17N7O3S2/c1-10-20-22-17(30-10)19-16(26)9-29-18-23-21-15-7-5-12(24-25(15)18)11-4-6-13(27-2)14(8-11)28-3/h4-8H,9H2,1-3H3,(H,19,22,26). The number of nitrogens with zero attached hydrogens (tertiary/aromatic N) is 6. The van der Waals surface area contributed by atoms with E-state index in [1.54, 1.807) is 18.7 Å². The lowest BCUT2D eigenvalue weighted by molar-refractivity contribution is -0.113. The fraction of sp³-hybridized carbons (Fsp3) is 0.222. The Hall–Kier alpha value is -3.25. The third kappa shape index (κ3) is 4.19. The van der Waals surface area contributed by atoms with Crippen LogP contribution in [0.4, 0.5) is 5.13 Å². The van der Waals surface area contributed by atoms with E-state index < -0.39 is 0 Å². The molecule has 0 atom stereocenters. The van der Waals surface area contributed by atoms with E-state index in [0.29, 0.717) is 33.1 Å². The molecule has 154 valence electrons. The summed E-state index contributed by atoms with van der Waals surface area (Å²) in [5.41, 5.74) is 2.14. The number of carbonyl (C=O) groups excluding carboxylic acids is 1. The Balaban J connectivity index is 1.53. The largest absolute Gasteiger partial charge is 0.493 e. The molecular weight excluding hydrogens is 426 g/mol. The van der Waals surface area contributed by atoms with Gasteiger partial charge in [-0.15, -0.1) is 20.4 Å². The van der Waals surface area contributed by atoms with Crippen molar-refractivity contribution in [3.05, 3.63) is 35.3 Å². The number of carbonyl (C=O) groups is 1. The van der Waals surface area contributed by atoms with Gasteiger partial charge in [-0.2, -0.15) is 9.61 Å². The van der Waals surface area contributed by atoms with E-state index in [9.17, 15) is 4.79 Å². The molecule has 0 fully saturated rings. The van der Waals surface area contributed by atoms with Crippen LogP contribution in [-0.4, -0.2) is 55.9 Å². The van der Waals surface area contributed by atoms with Gasteiger partial charge in [0.05, 0.1) is 25.7 Å². The van der Waals surface area contributed by atoms with E-state index in [1.807, 2.05) is 37.3 Å². The number of methoxy groups -OCH3 is 2. The van der Waals surface area contributed by atoms with E-state index in [2.05, 4.69) is 30.8 Å². The van der Waals surface area contributed by atoms with Crippen molar-refractivity contribution in [1.82, 2.24) is 30.0 Å². The van der Waals surface area contributed by atoms with Gasteiger partial charge in [-0.1, -0.05) is 23.1 Å². The number of hydrogen-bond donors (Lipinski definition) is 1. The summed E-state index contributed by atoms with van der Waals surface area (Å²) < 4.78 is 12.3. The number of amides is 1. The molecule has 3 aromatic heterocycles. The van der Waals surface area contributed by atoms with Crippen molar-refractivity contribution >= 4 is 39.8 Å². The fourth-order valence-corrected chi connectivity index (χ4v) is 3.94. The zero-order valence-electron chi connectivity index (χ0n) is 16.3. The minimum Gasteiger partial charge on any atom is -0.493 e. The topological polar surface area (TPSA) is 116 Å². The highest BCUT2D eigenvalue weighted by atomic mass is 32.2. The first kappa shape index (κ1) is 20.0. The normalized spacial score (nSPS) is 10.9. The Morgan fingerprint density at radius 2 is 1.93 bits per heavy atom. The SMILES string of the molecule is COc1ccc(-c2ccc3nnc(SCC(=O)Nc4nnc(C)s4)n3n2)cc1OC. The molecule has 0 aliphatic heterocycles. The summed E-state index contributed by atoms with van der Waals surface area (Å²) in [6.07, 6.45) is 0. The van der Waals surface area contributed by atoms with E-state index >= 15 is 0 Å². The second kappa shape index (κ2) is 8.63. The molecule has 0 radical (unpaired) electrons. The lowest BCUT2D eigenvalue weighted by Crippen LogP contribution is -2.14. The number of thioether (sulfide) groups is 1. The lowest BCUT2D eigenvalue weighted by atomic mass is 10.1. The third-order valence-electron chi connectivity index (χ3n) is 4.02. The minimum absolute atomic E-state index is 0.141. The predicted octanol–water partition coefficient (Wildman–Crippen LogP) is 2.70. The molecule has 0 aliphatic carbocycles. The molecule has 4 rings (SSSR count). The third-order valence-corrected chi connectivity index (χ3v) is 5.69. The summed E-state index contributed by atoms with van der Waals surface area (Å²) >= 11 is 2.55. The first-order valence-electron chi connectivity index (χ1n) is 8.75. The quantitative estimate of drug-likeness (QED) is 0.430. The Morgan fingerprint density at radius 3 is 2.67 bits per heavy atom. The Bertz CT molecular complexity index is 1210. The summed E-state index contributed by atoms with van der Waals surface area (Å²) in [6.45, 7) is 1.83. The number of nitrogens with one attached hydrogen (secondary N) is 1. The second-order valence-corrected chi connectivity index (χ2v) is 8.13. The molecule has 0 bridgehead atoms. The molecule has 0 spiro atoms. The molecular formula is C18H17N7O3S2. The summed E-state index contributed by atoms with van der Waals surface area (Å²) in [6, 6.07) is 9.23. The van der Waals surface area contributed by atoms with Crippen molar-refractivity contribution in [3.63, 3.8) is 0 Å². The van der Waals surface area contributed by atoms with Crippen molar-refractivity contribution in [3.8, 4) is 22.8 Å².